The summed E-state index contributed by atoms with van der Waals surface area (Å²) in [5, 5.41) is 5.16. The van der Waals surface area contributed by atoms with Crippen LogP contribution in [0, 0.1) is 0 Å². The molecule has 1 aromatic heterocycles. The van der Waals surface area contributed by atoms with Crippen LogP contribution in [-0.2, 0) is 21.3 Å². The molecule has 1 saturated heterocycles. The molecule has 1 aromatic rings. The van der Waals surface area contributed by atoms with E-state index in [1.54, 1.807) is 18.5 Å². The number of hydrogen-bond acceptors (Lipinski definition) is 5. The molecular weight excluding hydrogens is 308 g/mol. The Hall–Kier alpha value is -0.470. The Morgan fingerprint density at radius 2 is 2.19 bits per heavy atom. The van der Waals surface area contributed by atoms with Gasteiger partial charge in [0, 0.05) is 36.5 Å². The molecule has 1 aliphatic heterocycles. The third-order valence-corrected chi connectivity index (χ3v) is 7.20. The smallest absolute Gasteiger partial charge is 0.243 e. The average Bonchev–Trinajstić information content (AvgIpc) is 2.98. The molecule has 2 atom stereocenters. The van der Waals surface area contributed by atoms with Crippen molar-refractivity contribution in [2.24, 2.45) is 0 Å². The third kappa shape index (κ3) is 3.32. The summed E-state index contributed by atoms with van der Waals surface area (Å²) < 4.78 is 32.3. The maximum atomic E-state index is 12.7. The van der Waals surface area contributed by atoms with Crippen LogP contribution in [0.3, 0.4) is 0 Å². The van der Waals surface area contributed by atoms with Crippen LogP contribution < -0.4 is 5.32 Å². The molecule has 2 aliphatic rings. The van der Waals surface area contributed by atoms with Crippen molar-refractivity contribution in [3.63, 3.8) is 0 Å². The number of likely N-dealkylation sites (N-methyl/N-ethyl adjacent to an activating group) is 1. The molecule has 2 fully saturated rings. The molecular formula is C14H22N2O3S2. The molecule has 2 unspecified atom stereocenters. The van der Waals surface area contributed by atoms with Gasteiger partial charge in [-0.05, 0) is 32.3 Å². The lowest BCUT2D eigenvalue weighted by Crippen LogP contribution is -2.40. The van der Waals surface area contributed by atoms with E-state index in [-0.39, 0.29) is 12.1 Å². The van der Waals surface area contributed by atoms with Crippen LogP contribution in [0.15, 0.2) is 16.3 Å². The summed E-state index contributed by atoms with van der Waals surface area (Å²) in [5.74, 6) is 0. The van der Waals surface area contributed by atoms with Crippen LogP contribution in [-0.4, -0.2) is 44.6 Å². The lowest BCUT2D eigenvalue weighted by atomic mass is 10.2. The van der Waals surface area contributed by atoms with Crippen LogP contribution in [0.2, 0.25) is 0 Å². The second-order valence-electron chi connectivity index (χ2n) is 5.86. The van der Waals surface area contributed by atoms with Gasteiger partial charge in [0.05, 0.1) is 17.0 Å². The Labute approximate surface area is 130 Å². The largest absolute Gasteiger partial charge is 0.377 e. The van der Waals surface area contributed by atoms with Crippen molar-refractivity contribution in [2.45, 2.75) is 55.8 Å². The summed E-state index contributed by atoms with van der Waals surface area (Å²) in [4.78, 5) is 1.48. The second kappa shape index (κ2) is 5.96. The van der Waals surface area contributed by atoms with Gasteiger partial charge in [0.2, 0.25) is 10.0 Å². The molecule has 0 spiro atoms. The quantitative estimate of drug-likeness (QED) is 0.864. The van der Waals surface area contributed by atoms with Crippen molar-refractivity contribution in [2.75, 3.05) is 13.7 Å². The number of ether oxygens (including phenoxy) is 1. The minimum absolute atomic E-state index is 0.0422. The van der Waals surface area contributed by atoms with Crippen molar-refractivity contribution in [3.8, 4) is 0 Å². The Bertz CT molecular complexity index is 595. The first-order valence-electron chi connectivity index (χ1n) is 7.39. The predicted octanol–water partition coefficient (Wildman–Crippen LogP) is 1.80. The number of nitrogens with one attached hydrogen (secondary N) is 1. The van der Waals surface area contributed by atoms with Crippen LogP contribution in [0.4, 0.5) is 0 Å². The fourth-order valence-corrected chi connectivity index (χ4v) is 5.32. The summed E-state index contributed by atoms with van der Waals surface area (Å²) >= 11 is 1.51. The fourth-order valence-electron chi connectivity index (χ4n) is 2.66. The van der Waals surface area contributed by atoms with Crippen LogP contribution in [0.5, 0.6) is 0 Å². The third-order valence-electron chi connectivity index (χ3n) is 4.25. The highest BCUT2D eigenvalue weighted by molar-refractivity contribution is 7.89. The molecule has 7 heteroatoms. The molecule has 1 saturated carbocycles. The highest BCUT2D eigenvalue weighted by Crippen LogP contribution is 2.28. The topological polar surface area (TPSA) is 58.6 Å². The van der Waals surface area contributed by atoms with Crippen molar-refractivity contribution >= 4 is 21.4 Å². The van der Waals surface area contributed by atoms with E-state index in [4.69, 9.17) is 4.74 Å². The minimum atomic E-state index is -3.42. The Morgan fingerprint density at radius 3 is 2.81 bits per heavy atom. The summed E-state index contributed by atoms with van der Waals surface area (Å²) in [7, 11) is -1.76. The van der Waals surface area contributed by atoms with Crippen LogP contribution >= 0.6 is 11.3 Å². The van der Waals surface area contributed by atoms with Gasteiger partial charge in [-0.25, -0.2) is 8.42 Å². The van der Waals surface area contributed by atoms with Gasteiger partial charge in [-0.15, -0.1) is 11.3 Å². The number of rotatable bonds is 6. The van der Waals surface area contributed by atoms with Crippen molar-refractivity contribution in [3.05, 3.63) is 16.3 Å². The second-order valence-corrected chi connectivity index (χ2v) is 8.85. The average molecular weight is 330 g/mol. The minimum Gasteiger partial charge on any atom is -0.377 e. The fraction of sp³-hybridized carbons (Fsp3) is 0.714. The van der Waals surface area contributed by atoms with E-state index in [0.717, 1.165) is 17.8 Å². The standard InChI is InChI=1S/C14H22N2O3S2/c1-10-14(5-6-19-10)16(2)21(17,18)13-7-12(20-9-13)8-15-11-3-4-11/h7,9-11,14-15H,3-6,8H2,1-2H3. The molecule has 1 aliphatic carbocycles. The van der Waals surface area contributed by atoms with Gasteiger partial charge in [-0.2, -0.15) is 4.31 Å². The number of thiophene rings is 1. The highest BCUT2D eigenvalue weighted by atomic mass is 32.2. The van der Waals surface area contributed by atoms with E-state index in [1.165, 1.54) is 28.5 Å². The van der Waals surface area contributed by atoms with Gasteiger partial charge < -0.3 is 10.1 Å². The zero-order valence-electron chi connectivity index (χ0n) is 12.4. The normalized spacial score (nSPS) is 26.6. The van der Waals surface area contributed by atoms with Crippen LogP contribution in [0.25, 0.3) is 0 Å². The van der Waals surface area contributed by atoms with Gasteiger partial charge in [0.1, 0.15) is 0 Å². The van der Waals surface area contributed by atoms with Gasteiger partial charge in [0.25, 0.3) is 0 Å². The first-order valence-corrected chi connectivity index (χ1v) is 9.71. The van der Waals surface area contributed by atoms with Gasteiger partial charge in [-0.1, -0.05) is 0 Å². The molecule has 0 radical (unpaired) electrons. The molecule has 118 valence electrons. The Kier molecular flexibility index (Phi) is 4.38. The summed E-state index contributed by atoms with van der Waals surface area (Å²) in [6, 6.07) is 2.36. The molecule has 0 aromatic carbocycles. The lowest BCUT2D eigenvalue weighted by Gasteiger charge is -2.25. The molecule has 0 amide bonds. The van der Waals surface area contributed by atoms with Crippen molar-refractivity contribution in [1.29, 1.82) is 0 Å². The van der Waals surface area contributed by atoms with E-state index < -0.39 is 10.0 Å². The summed E-state index contributed by atoms with van der Waals surface area (Å²) in [5.41, 5.74) is 0. The zero-order chi connectivity index (χ0) is 15.0. The monoisotopic (exact) mass is 330 g/mol. The molecule has 2 heterocycles. The lowest BCUT2D eigenvalue weighted by molar-refractivity contribution is 0.102. The molecule has 1 N–H and O–H groups in total. The van der Waals surface area contributed by atoms with E-state index in [0.29, 0.717) is 17.5 Å². The van der Waals surface area contributed by atoms with Gasteiger partial charge in [-0.3, -0.25) is 0 Å². The first kappa shape index (κ1) is 15.4. The van der Waals surface area contributed by atoms with Gasteiger partial charge in [0.15, 0.2) is 0 Å². The maximum absolute atomic E-state index is 12.7. The van der Waals surface area contributed by atoms with Gasteiger partial charge >= 0.3 is 0 Å². The molecule has 5 nitrogen and oxygen atoms in total. The van der Waals surface area contributed by atoms with Crippen molar-refractivity contribution < 1.29 is 13.2 Å². The summed E-state index contributed by atoms with van der Waals surface area (Å²) in [6.07, 6.45) is 3.19. The maximum Gasteiger partial charge on any atom is 0.243 e. The van der Waals surface area contributed by atoms with E-state index in [1.807, 2.05) is 6.92 Å². The van der Waals surface area contributed by atoms with E-state index in [2.05, 4.69) is 5.32 Å². The van der Waals surface area contributed by atoms with E-state index >= 15 is 0 Å². The van der Waals surface area contributed by atoms with E-state index in [9.17, 15) is 8.42 Å². The Morgan fingerprint density at radius 1 is 1.43 bits per heavy atom. The Balaban J connectivity index is 1.71. The van der Waals surface area contributed by atoms with Crippen LogP contribution in [0.1, 0.15) is 31.1 Å². The summed E-state index contributed by atoms with van der Waals surface area (Å²) in [6.45, 7) is 3.33. The number of sulfonamides is 1. The number of nitrogens with zero attached hydrogens (tertiary/aromatic N) is 1. The molecule has 21 heavy (non-hydrogen) atoms. The first-order chi connectivity index (χ1) is 9.98. The molecule has 3 rings (SSSR count). The number of hydrogen-bond donors (Lipinski definition) is 1. The SMILES string of the molecule is CC1OCCC1N(C)S(=O)(=O)c1csc(CNC2CC2)c1. The predicted molar refractivity (Wildman–Crippen MR) is 82.9 cm³/mol. The zero-order valence-corrected chi connectivity index (χ0v) is 14.0. The highest BCUT2D eigenvalue weighted by Gasteiger charge is 2.35. The molecule has 0 bridgehead atoms. The van der Waals surface area contributed by atoms with Crippen molar-refractivity contribution in [1.82, 2.24) is 9.62 Å².